The fraction of sp³-hybridized carbons (Fsp3) is 0.417. The van der Waals surface area contributed by atoms with Crippen LogP contribution in [0.15, 0.2) is 77.6 Å². The molecule has 0 radical (unpaired) electrons. The summed E-state index contributed by atoms with van der Waals surface area (Å²) in [5.74, 6) is -0.0359. The van der Waals surface area contributed by atoms with Crippen molar-refractivity contribution in [3.63, 3.8) is 0 Å². The van der Waals surface area contributed by atoms with Gasteiger partial charge in [0.1, 0.15) is 0 Å². The summed E-state index contributed by atoms with van der Waals surface area (Å²) in [5.41, 5.74) is 5.58. The van der Waals surface area contributed by atoms with E-state index in [2.05, 4.69) is 54.0 Å². The van der Waals surface area contributed by atoms with Crippen molar-refractivity contribution in [2.24, 2.45) is 0 Å². The Morgan fingerprint density at radius 1 is 0.791 bits per heavy atom. The number of fused-ring (bicyclic) bond motifs is 1. The maximum Gasteiger partial charge on any atom is 0.336 e. The molecule has 0 spiro atoms. The molecule has 1 aromatic heterocycles. The molecular weight excluding hydrogens is 536 g/mol. The second-order valence-corrected chi connectivity index (χ2v) is 12.4. The van der Waals surface area contributed by atoms with Crippen molar-refractivity contribution >= 4 is 22.8 Å². The fourth-order valence-corrected chi connectivity index (χ4v) is 7.40. The maximum atomic E-state index is 13.9. The zero-order valence-corrected chi connectivity index (χ0v) is 25.5. The van der Waals surface area contributed by atoms with E-state index in [1.807, 2.05) is 47.0 Å². The molecule has 3 heterocycles. The van der Waals surface area contributed by atoms with Gasteiger partial charge >= 0.3 is 5.69 Å². The van der Waals surface area contributed by atoms with Crippen molar-refractivity contribution in [2.45, 2.75) is 77.4 Å². The van der Waals surface area contributed by atoms with Crippen LogP contribution in [0.25, 0.3) is 11.0 Å². The number of imidazole rings is 1. The summed E-state index contributed by atoms with van der Waals surface area (Å²) in [4.78, 5) is 44.7. The first kappa shape index (κ1) is 29.1. The van der Waals surface area contributed by atoms with Gasteiger partial charge in [0, 0.05) is 49.7 Å². The third kappa shape index (κ3) is 5.83. The first-order valence-electron chi connectivity index (χ1n) is 15.8. The highest BCUT2D eigenvalue weighted by molar-refractivity contribution is 5.95. The molecule has 4 aromatic rings. The van der Waals surface area contributed by atoms with Crippen LogP contribution >= 0.6 is 0 Å². The third-order valence-electron chi connectivity index (χ3n) is 9.44. The van der Waals surface area contributed by atoms with Crippen LogP contribution in [0, 0.1) is 13.8 Å². The van der Waals surface area contributed by atoms with E-state index in [9.17, 15) is 14.4 Å². The van der Waals surface area contributed by atoms with E-state index in [1.165, 1.54) is 10.1 Å². The molecule has 7 heteroatoms. The molecule has 2 saturated heterocycles. The average Bonchev–Trinajstić information content (AvgIpc) is 3.32. The second-order valence-electron chi connectivity index (χ2n) is 12.4. The summed E-state index contributed by atoms with van der Waals surface area (Å²) >= 11 is 0. The van der Waals surface area contributed by atoms with E-state index in [-0.39, 0.29) is 29.6 Å². The van der Waals surface area contributed by atoms with E-state index in [4.69, 9.17) is 0 Å². The minimum absolute atomic E-state index is 0.0610. The Hall–Kier alpha value is -3.97. The molecule has 2 aliphatic heterocycles. The molecule has 0 N–H and O–H groups in total. The van der Waals surface area contributed by atoms with Gasteiger partial charge in [0.05, 0.1) is 11.0 Å². The molecule has 6 rings (SSSR count). The van der Waals surface area contributed by atoms with Crippen LogP contribution in [0.1, 0.15) is 76.9 Å². The molecule has 2 aliphatic rings. The van der Waals surface area contributed by atoms with Gasteiger partial charge in [-0.3, -0.25) is 14.2 Å². The second kappa shape index (κ2) is 12.3. The van der Waals surface area contributed by atoms with Crippen molar-refractivity contribution in [3.8, 4) is 0 Å². The molecule has 7 nitrogen and oxygen atoms in total. The number of carbonyl (C=O) groups is 2. The molecule has 3 aromatic carbocycles. The van der Waals surface area contributed by atoms with Gasteiger partial charge < -0.3 is 9.80 Å². The van der Waals surface area contributed by atoms with E-state index in [0.29, 0.717) is 18.0 Å². The number of aromatic nitrogens is 2. The Labute approximate surface area is 253 Å². The zero-order chi connectivity index (χ0) is 30.1. The highest BCUT2D eigenvalue weighted by Gasteiger charge is 2.36. The topological polar surface area (TPSA) is 67.6 Å². The molecule has 2 atom stereocenters. The number of nitrogens with zero attached hydrogens (tertiary/aromatic N) is 4. The SMILES string of the molecule is CCC(=O)n1c(=O)n(C2CCN([C@H]3CCN(C(=O)c4cc(C)cc(C)c4)[C@@H](Cc4ccccc4)C3)CC2)c2ccccc21. The standard InChI is InChI=1S/C36H42N4O3/c1-4-34(41)40-33-13-9-8-12-32(33)39(36(40)43)29-14-17-37(18-15-29)30-16-19-38(31(24-30)23-27-10-6-5-7-11-27)35(42)28-21-25(2)20-26(3)22-28/h5-13,20-22,29-31H,4,14-19,23-24H2,1-3H3/t30-,31-/m0/s1. The highest BCUT2D eigenvalue weighted by atomic mass is 16.2. The number of aryl methyl sites for hydroxylation is 2. The molecule has 43 heavy (non-hydrogen) atoms. The lowest BCUT2D eigenvalue weighted by molar-refractivity contribution is 0.0360. The molecule has 224 valence electrons. The molecule has 0 unspecified atom stereocenters. The van der Waals surface area contributed by atoms with E-state index < -0.39 is 0 Å². The number of likely N-dealkylation sites (tertiary alicyclic amines) is 2. The van der Waals surface area contributed by atoms with Gasteiger partial charge in [-0.05, 0) is 75.8 Å². The van der Waals surface area contributed by atoms with E-state index in [0.717, 1.165) is 73.9 Å². The summed E-state index contributed by atoms with van der Waals surface area (Å²) in [5, 5.41) is 0. The van der Waals surface area contributed by atoms with Gasteiger partial charge in [-0.1, -0.05) is 66.6 Å². The molecule has 0 bridgehead atoms. The van der Waals surface area contributed by atoms with E-state index >= 15 is 0 Å². The lowest BCUT2D eigenvalue weighted by atomic mass is 9.89. The highest BCUT2D eigenvalue weighted by Crippen LogP contribution is 2.32. The molecular formula is C36H42N4O3. The Kier molecular flexibility index (Phi) is 8.35. The van der Waals surface area contributed by atoms with Crippen molar-refractivity contribution in [1.82, 2.24) is 18.9 Å². The molecule has 2 fully saturated rings. The van der Waals surface area contributed by atoms with Gasteiger partial charge in [0.15, 0.2) is 0 Å². The van der Waals surface area contributed by atoms with Crippen molar-refractivity contribution < 1.29 is 9.59 Å². The number of piperidine rings is 2. The lowest BCUT2D eigenvalue weighted by Crippen LogP contribution is -2.54. The number of para-hydroxylation sites is 2. The van der Waals surface area contributed by atoms with Crippen LogP contribution in [-0.2, 0) is 6.42 Å². The van der Waals surface area contributed by atoms with Crippen LogP contribution in [0.5, 0.6) is 0 Å². The van der Waals surface area contributed by atoms with Crippen LogP contribution in [-0.4, -0.2) is 62.5 Å². The quantitative estimate of drug-likeness (QED) is 0.281. The largest absolute Gasteiger partial charge is 0.336 e. The number of amides is 1. The summed E-state index contributed by atoms with van der Waals surface area (Å²) in [6.07, 6.45) is 4.72. The third-order valence-corrected chi connectivity index (χ3v) is 9.44. The predicted molar refractivity (Wildman–Crippen MR) is 171 cm³/mol. The van der Waals surface area contributed by atoms with Crippen LogP contribution in [0.2, 0.25) is 0 Å². The maximum absolute atomic E-state index is 13.9. The van der Waals surface area contributed by atoms with Gasteiger partial charge in [-0.15, -0.1) is 0 Å². The van der Waals surface area contributed by atoms with Gasteiger partial charge in [-0.2, -0.15) is 0 Å². The lowest BCUT2D eigenvalue weighted by Gasteiger charge is -2.45. The molecule has 0 saturated carbocycles. The first-order valence-corrected chi connectivity index (χ1v) is 15.8. The summed E-state index contributed by atoms with van der Waals surface area (Å²) < 4.78 is 3.22. The number of rotatable bonds is 6. The Bertz CT molecular complexity index is 1660. The smallest absolute Gasteiger partial charge is 0.335 e. The van der Waals surface area contributed by atoms with Gasteiger partial charge in [-0.25, -0.2) is 9.36 Å². The van der Waals surface area contributed by atoms with Gasteiger partial charge in [0.25, 0.3) is 5.91 Å². The van der Waals surface area contributed by atoms with Crippen LogP contribution in [0.3, 0.4) is 0 Å². The number of carbonyl (C=O) groups excluding carboxylic acids is 2. The van der Waals surface area contributed by atoms with Crippen LogP contribution < -0.4 is 5.69 Å². The number of hydrogen-bond acceptors (Lipinski definition) is 4. The molecule has 0 aliphatic carbocycles. The number of hydrogen-bond donors (Lipinski definition) is 0. The minimum atomic E-state index is -0.215. The summed E-state index contributed by atoms with van der Waals surface area (Å²) in [7, 11) is 0. The van der Waals surface area contributed by atoms with Crippen molar-refractivity contribution in [1.29, 1.82) is 0 Å². The molecule has 1 amide bonds. The normalized spacial score (nSPS) is 20.0. The van der Waals surface area contributed by atoms with Crippen molar-refractivity contribution in [2.75, 3.05) is 19.6 Å². The fourth-order valence-electron chi connectivity index (χ4n) is 7.40. The first-order chi connectivity index (χ1) is 20.8. The van der Waals surface area contributed by atoms with Gasteiger partial charge in [0.2, 0.25) is 5.91 Å². The van der Waals surface area contributed by atoms with Crippen molar-refractivity contribution in [3.05, 3.63) is 106 Å². The Balaban J connectivity index is 1.20. The zero-order valence-electron chi connectivity index (χ0n) is 25.5. The van der Waals surface area contributed by atoms with Crippen LogP contribution in [0.4, 0.5) is 0 Å². The number of benzene rings is 3. The monoisotopic (exact) mass is 578 g/mol. The Morgan fingerprint density at radius 2 is 1.42 bits per heavy atom. The van der Waals surface area contributed by atoms with E-state index in [1.54, 1.807) is 6.92 Å². The summed E-state index contributed by atoms with van der Waals surface area (Å²) in [6, 6.07) is 24.9. The predicted octanol–water partition coefficient (Wildman–Crippen LogP) is 6.02. The summed E-state index contributed by atoms with van der Waals surface area (Å²) in [6.45, 7) is 8.42. The minimum Gasteiger partial charge on any atom is -0.335 e. The Morgan fingerprint density at radius 3 is 2.09 bits per heavy atom. The average molecular weight is 579 g/mol.